The molecule has 1 N–H and O–H groups in total. The maximum atomic E-state index is 9.53. The van der Waals surface area contributed by atoms with Crippen molar-refractivity contribution in [3.8, 4) is 0 Å². The Morgan fingerprint density at radius 3 is 2.14 bits per heavy atom. The van der Waals surface area contributed by atoms with Gasteiger partial charge in [0.2, 0.25) is 0 Å². The van der Waals surface area contributed by atoms with E-state index in [1.54, 1.807) is 0 Å². The Morgan fingerprint density at radius 2 is 1.52 bits per heavy atom. The molecule has 0 saturated carbocycles. The molecule has 4 rings (SSSR count). The number of hydrogen-bond donors (Lipinski definition) is 1. The number of aliphatic hydroxyl groups is 1. The highest BCUT2D eigenvalue weighted by molar-refractivity contribution is 6.73. The molecular weight excluding hydrogens is 544 g/mol. The van der Waals surface area contributed by atoms with Crippen LogP contribution in [-0.4, -0.2) is 75.0 Å². The predicted molar refractivity (Wildman–Crippen MR) is 172 cm³/mol. The summed E-state index contributed by atoms with van der Waals surface area (Å²) in [5, 5.41) is 9.53. The van der Waals surface area contributed by atoms with Gasteiger partial charge in [-0.05, 0) is 79.6 Å². The van der Waals surface area contributed by atoms with E-state index in [2.05, 4.69) is 61.6 Å². The second-order valence-electron chi connectivity index (χ2n) is 14.1. The number of aliphatic hydroxyl groups excluding tert-OH is 1. The molecule has 0 radical (unpaired) electrons. The van der Waals surface area contributed by atoms with Crippen molar-refractivity contribution in [2.75, 3.05) is 6.61 Å². The van der Waals surface area contributed by atoms with E-state index in [9.17, 15) is 5.11 Å². The SMILES string of the molecule is C=C1CC(CO)OC1CC[C@H]1C[C@@H](C)C(=C)C(C[C@@H]2O[C@H]3C[C@@H](C)[C@@H](CCC)O[C@H]3[C@H](C)C2O[Si](CC)(CC)CC)O1. The smallest absolute Gasteiger partial charge is 0.192 e. The molecule has 242 valence electrons. The molecule has 0 aromatic heterocycles. The zero-order chi connectivity index (χ0) is 30.6. The van der Waals surface area contributed by atoms with E-state index in [4.69, 9.17) is 23.4 Å². The first-order valence-corrected chi connectivity index (χ1v) is 19.9. The molecule has 7 heteroatoms. The van der Waals surface area contributed by atoms with Crippen LogP contribution in [0, 0.1) is 17.8 Å². The topological polar surface area (TPSA) is 66.4 Å². The molecule has 6 nitrogen and oxygen atoms in total. The quantitative estimate of drug-likeness (QED) is 0.172. The van der Waals surface area contributed by atoms with Crippen LogP contribution in [-0.2, 0) is 23.4 Å². The van der Waals surface area contributed by atoms with Gasteiger partial charge in [-0.15, -0.1) is 0 Å². The predicted octanol–water partition coefficient (Wildman–Crippen LogP) is 7.60. The molecule has 0 spiro atoms. The van der Waals surface area contributed by atoms with Crippen LogP contribution >= 0.6 is 0 Å². The Bertz CT molecular complexity index is 882. The van der Waals surface area contributed by atoms with Crippen molar-refractivity contribution in [3.05, 3.63) is 24.3 Å². The second kappa shape index (κ2) is 15.2. The fourth-order valence-corrected chi connectivity index (χ4v) is 11.1. The molecule has 4 aliphatic rings. The van der Waals surface area contributed by atoms with Crippen LogP contribution in [0.2, 0.25) is 18.1 Å². The molecular formula is C35H62O6Si. The van der Waals surface area contributed by atoms with Gasteiger partial charge in [0, 0.05) is 12.3 Å². The van der Waals surface area contributed by atoms with Gasteiger partial charge in [-0.25, -0.2) is 0 Å². The van der Waals surface area contributed by atoms with Gasteiger partial charge >= 0.3 is 0 Å². The third-order valence-corrected chi connectivity index (χ3v) is 15.9. The van der Waals surface area contributed by atoms with Gasteiger partial charge in [-0.1, -0.05) is 68.0 Å². The normalized spacial score (nSPS) is 41.2. The summed E-state index contributed by atoms with van der Waals surface area (Å²) in [6.45, 7) is 25.0. The van der Waals surface area contributed by atoms with Crippen LogP contribution in [0.15, 0.2) is 24.3 Å². The standard InChI is InChI=1S/C35H62O6Si/c1-10-14-29-24(7)19-32-34(40-29)26(9)35(41-42(11-2,12-3)13-4)33(39-32)20-31-25(8)22(5)17-27(37-31)15-16-30-23(6)18-28(21-36)38-30/h22,24,26-36H,6,8,10-21H2,1-5,7,9H3/t22-,24-,26+,27+,28?,29-,30?,31?,32+,33+,34+,35?/m1/s1. The van der Waals surface area contributed by atoms with E-state index >= 15 is 0 Å². The van der Waals surface area contributed by atoms with Gasteiger partial charge in [0.15, 0.2) is 8.32 Å². The van der Waals surface area contributed by atoms with Crippen molar-refractivity contribution in [1.82, 2.24) is 0 Å². The molecule has 0 aromatic carbocycles. The van der Waals surface area contributed by atoms with Crippen LogP contribution in [0.3, 0.4) is 0 Å². The van der Waals surface area contributed by atoms with Gasteiger partial charge in [0.05, 0.1) is 61.5 Å². The molecule has 0 bridgehead atoms. The molecule has 0 aromatic rings. The minimum atomic E-state index is -1.88. The lowest BCUT2D eigenvalue weighted by Crippen LogP contribution is -2.62. The third-order valence-electron chi connectivity index (χ3n) is 11.3. The zero-order valence-electron chi connectivity index (χ0n) is 27.8. The Labute approximate surface area is 258 Å². The Morgan fingerprint density at radius 1 is 0.833 bits per heavy atom. The summed E-state index contributed by atoms with van der Waals surface area (Å²) in [6.07, 6.45) is 8.08. The van der Waals surface area contributed by atoms with E-state index in [0.29, 0.717) is 17.9 Å². The van der Waals surface area contributed by atoms with Crippen LogP contribution in [0.5, 0.6) is 0 Å². The fraction of sp³-hybridized carbons (Fsp3) is 0.886. The number of hydrogen-bond acceptors (Lipinski definition) is 6. The first-order valence-electron chi connectivity index (χ1n) is 17.3. The van der Waals surface area contributed by atoms with Crippen molar-refractivity contribution in [1.29, 1.82) is 0 Å². The summed E-state index contributed by atoms with van der Waals surface area (Å²) in [4.78, 5) is 0. The molecule has 0 amide bonds. The third kappa shape index (κ3) is 7.63. The summed E-state index contributed by atoms with van der Waals surface area (Å²) in [7, 11) is -1.88. The minimum Gasteiger partial charge on any atom is -0.411 e. The monoisotopic (exact) mass is 606 g/mol. The van der Waals surface area contributed by atoms with E-state index < -0.39 is 8.32 Å². The Balaban J connectivity index is 1.50. The van der Waals surface area contributed by atoms with Gasteiger partial charge in [0.25, 0.3) is 0 Å². The summed E-state index contributed by atoms with van der Waals surface area (Å²) >= 11 is 0. The molecule has 0 aliphatic carbocycles. The van der Waals surface area contributed by atoms with Crippen molar-refractivity contribution in [2.24, 2.45) is 17.8 Å². The summed E-state index contributed by atoms with van der Waals surface area (Å²) in [5.41, 5.74) is 2.28. The van der Waals surface area contributed by atoms with Crippen molar-refractivity contribution in [3.63, 3.8) is 0 Å². The van der Waals surface area contributed by atoms with Gasteiger partial charge < -0.3 is 28.5 Å². The lowest BCUT2D eigenvalue weighted by atomic mass is 9.78. The fourth-order valence-electron chi connectivity index (χ4n) is 8.16. The number of rotatable bonds is 13. The van der Waals surface area contributed by atoms with Crippen molar-refractivity contribution >= 4 is 8.32 Å². The lowest BCUT2D eigenvalue weighted by Gasteiger charge is -2.53. The molecule has 4 fully saturated rings. The maximum Gasteiger partial charge on any atom is 0.192 e. The van der Waals surface area contributed by atoms with E-state index in [0.717, 1.165) is 75.1 Å². The lowest BCUT2D eigenvalue weighted by molar-refractivity contribution is -0.256. The van der Waals surface area contributed by atoms with E-state index in [-0.39, 0.29) is 61.4 Å². The first-order chi connectivity index (χ1) is 20.1. The molecule has 42 heavy (non-hydrogen) atoms. The minimum absolute atomic E-state index is 0.00570. The van der Waals surface area contributed by atoms with Crippen LogP contribution in [0.25, 0.3) is 0 Å². The van der Waals surface area contributed by atoms with Crippen LogP contribution < -0.4 is 0 Å². The molecule has 4 unspecified atom stereocenters. The number of fused-ring (bicyclic) bond motifs is 1. The van der Waals surface area contributed by atoms with Gasteiger partial charge in [0.1, 0.15) is 0 Å². The van der Waals surface area contributed by atoms with Crippen molar-refractivity contribution in [2.45, 2.75) is 173 Å². The van der Waals surface area contributed by atoms with Crippen LogP contribution in [0.4, 0.5) is 0 Å². The van der Waals surface area contributed by atoms with Crippen molar-refractivity contribution < 1.29 is 28.5 Å². The average molecular weight is 607 g/mol. The molecule has 4 heterocycles. The zero-order valence-corrected chi connectivity index (χ0v) is 28.8. The largest absolute Gasteiger partial charge is 0.411 e. The van der Waals surface area contributed by atoms with E-state index in [1.807, 2.05) is 0 Å². The van der Waals surface area contributed by atoms with Gasteiger partial charge in [-0.2, -0.15) is 0 Å². The summed E-state index contributed by atoms with van der Waals surface area (Å²) in [5.74, 6) is 1.16. The highest BCUT2D eigenvalue weighted by Gasteiger charge is 2.51. The van der Waals surface area contributed by atoms with E-state index in [1.165, 1.54) is 5.57 Å². The maximum absolute atomic E-state index is 9.53. The molecule has 12 atom stereocenters. The Kier molecular flexibility index (Phi) is 12.4. The van der Waals surface area contributed by atoms with Crippen LogP contribution in [0.1, 0.15) is 99.8 Å². The highest BCUT2D eigenvalue weighted by Crippen LogP contribution is 2.44. The molecule has 4 aliphatic heterocycles. The number of ether oxygens (including phenoxy) is 4. The summed E-state index contributed by atoms with van der Waals surface area (Å²) in [6, 6.07) is 3.37. The first kappa shape index (κ1) is 34.3. The summed E-state index contributed by atoms with van der Waals surface area (Å²) < 4.78 is 34.0. The van der Waals surface area contributed by atoms with Gasteiger partial charge in [-0.3, -0.25) is 0 Å². The second-order valence-corrected chi connectivity index (χ2v) is 18.8. The molecule has 4 saturated heterocycles. The highest BCUT2D eigenvalue weighted by atomic mass is 28.4. The average Bonchev–Trinajstić information content (AvgIpc) is 3.35. The Hall–Kier alpha value is -0.543.